The number of halogens is 1. The van der Waals surface area contributed by atoms with Crippen molar-refractivity contribution in [3.63, 3.8) is 0 Å². The summed E-state index contributed by atoms with van der Waals surface area (Å²) in [5.41, 5.74) is 2.70. The number of imidazole rings is 1. The van der Waals surface area contributed by atoms with Crippen LogP contribution in [0.2, 0.25) is 5.02 Å². The standard InChI is InChI=1S/C25H28ClN5O2S/c1-16(2)13-31-21-12-8-7-11-20(21)27-25(31)34-15-23(32)30(17(3)4)14-22-28-29-24(33-22)18-9-5-6-10-19(18)26/h5-12,16-17H,13-15H2,1-4H3. The zero-order chi connectivity index (χ0) is 24.2. The number of benzene rings is 2. The van der Waals surface area contributed by atoms with Crippen molar-refractivity contribution < 1.29 is 9.21 Å². The van der Waals surface area contributed by atoms with Gasteiger partial charge in [-0.3, -0.25) is 4.79 Å². The minimum atomic E-state index is -0.0294. The van der Waals surface area contributed by atoms with Crippen molar-refractivity contribution in [2.24, 2.45) is 5.92 Å². The Bertz CT molecular complexity index is 1280. The molecule has 2 aromatic heterocycles. The van der Waals surface area contributed by atoms with Crippen molar-refractivity contribution in [1.82, 2.24) is 24.6 Å². The van der Waals surface area contributed by atoms with Gasteiger partial charge in [-0.2, -0.15) is 0 Å². The summed E-state index contributed by atoms with van der Waals surface area (Å²) in [5, 5.41) is 9.65. The SMILES string of the molecule is CC(C)Cn1c(SCC(=O)N(Cc2nnc(-c3ccccc3Cl)o2)C(C)C)nc2ccccc21. The van der Waals surface area contributed by atoms with E-state index in [-0.39, 0.29) is 24.2 Å². The number of hydrogen-bond donors (Lipinski definition) is 0. The molecule has 0 N–H and O–H groups in total. The average molecular weight is 498 g/mol. The summed E-state index contributed by atoms with van der Waals surface area (Å²) < 4.78 is 8.02. The third kappa shape index (κ3) is 5.45. The number of amides is 1. The van der Waals surface area contributed by atoms with Gasteiger partial charge in [-0.25, -0.2) is 4.98 Å². The third-order valence-corrected chi connectivity index (χ3v) is 6.60. The zero-order valence-corrected chi connectivity index (χ0v) is 21.3. The first-order chi connectivity index (χ1) is 16.3. The van der Waals surface area contributed by atoms with E-state index < -0.39 is 0 Å². The van der Waals surface area contributed by atoms with Crippen LogP contribution in [0.5, 0.6) is 0 Å². The molecule has 4 rings (SSSR count). The largest absolute Gasteiger partial charge is 0.419 e. The van der Waals surface area contributed by atoms with E-state index in [4.69, 9.17) is 21.0 Å². The van der Waals surface area contributed by atoms with Gasteiger partial charge in [0.15, 0.2) is 5.16 Å². The molecule has 0 aliphatic carbocycles. The van der Waals surface area contributed by atoms with Crippen LogP contribution in [-0.2, 0) is 17.9 Å². The minimum absolute atomic E-state index is 0.0133. The second-order valence-corrected chi connectivity index (χ2v) is 10.1. The molecule has 0 atom stereocenters. The molecule has 9 heteroatoms. The maximum Gasteiger partial charge on any atom is 0.249 e. The van der Waals surface area contributed by atoms with Crippen LogP contribution >= 0.6 is 23.4 Å². The Morgan fingerprint density at radius 2 is 1.82 bits per heavy atom. The predicted octanol–water partition coefficient (Wildman–Crippen LogP) is 5.93. The van der Waals surface area contributed by atoms with Gasteiger partial charge in [-0.15, -0.1) is 10.2 Å². The molecule has 0 saturated carbocycles. The van der Waals surface area contributed by atoms with Crippen molar-refractivity contribution in [1.29, 1.82) is 0 Å². The molecule has 1 amide bonds. The van der Waals surface area contributed by atoms with Gasteiger partial charge in [0.05, 0.1) is 33.9 Å². The monoisotopic (exact) mass is 497 g/mol. The number of nitrogens with zero attached hydrogens (tertiary/aromatic N) is 5. The summed E-state index contributed by atoms with van der Waals surface area (Å²) in [7, 11) is 0. The molecule has 0 aliphatic heterocycles. The average Bonchev–Trinajstić information content (AvgIpc) is 3.40. The molecular formula is C25H28ClN5O2S. The molecule has 7 nitrogen and oxygen atoms in total. The summed E-state index contributed by atoms with van der Waals surface area (Å²) in [6.45, 7) is 9.38. The smallest absolute Gasteiger partial charge is 0.249 e. The molecule has 2 heterocycles. The topological polar surface area (TPSA) is 77.0 Å². The van der Waals surface area contributed by atoms with Crippen molar-refractivity contribution >= 4 is 40.3 Å². The Morgan fingerprint density at radius 1 is 1.09 bits per heavy atom. The van der Waals surface area contributed by atoms with Crippen LogP contribution in [0.25, 0.3) is 22.5 Å². The van der Waals surface area contributed by atoms with Gasteiger partial charge in [0, 0.05) is 12.6 Å². The Kier molecular flexibility index (Phi) is 7.58. The van der Waals surface area contributed by atoms with Gasteiger partial charge in [-0.05, 0) is 44.0 Å². The quantitative estimate of drug-likeness (QED) is 0.267. The van der Waals surface area contributed by atoms with E-state index in [1.807, 2.05) is 50.2 Å². The molecule has 34 heavy (non-hydrogen) atoms. The molecule has 2 aromatic carbocycles. The molecule has 178 valence electrons. The van der Waals surface area contributed by atoms with Gasteiger partial charge < -0.3 is 13.9 Å². The van der Waals surface area contributed by atoms with Crippen LogP contribution in [0.3, 0.4) is 0 Å². The summed E-state index contributed by atoms with van der Waals surface area (Å²) in [6, 6.07) is 15.3. The number of carbonyl (C=O) groups excluding carboxylic acids is 1. The van der Waals surface area contributed by atoms with Crippen LogP contribution in [0.15, 0.2) is 58.1 Å². The molecule has 0 saturated heterocycles. The van der Waals surface area contributed by atoms with Crippen LogP contribution in [-0.4, -0.2) is 42.4 Å². The van der Waals surface area contributed by atoms with Crippen LogP contribution < -0.4 is 0 Å². The van der Waals surface area contributed by atoms with E-state index in [0.717, 1.165) is 22.7 Å². The summed E-state index contributed by atoms with van der Waals surface area (Å²) >= 11 is 7.70. The highest BCUT2D eigenvalue weighted by atomic mass is 35.5. The fraction of sp³-hybridized carbons (Fsp3) is 0.360. The van der Waals surface area contributed by atoms with Crippen molar-refractivity contribution in [3.05, 3.63) is 59.4 Å². The van der Waals surface area contributed by atoms with Gasteiger partial charge in [0.25, 0.3) is 0 Å². The van der Waals surface area contributed by atoms with Gasteiger partial charge in [0.1, 0.15) is 0 Å². The molecular weight excluding hydrogens is 470 g/mol. The van der Waals surface area contributed by atoms with E-state index in [2.05, 4.69) is 34.7 Å². The molecule has 0 aliphatic rings. The lowest BCUT2D eigenvalue weighted by molar-refractivity contribution is -0.131. The Morgan fingerprint density at radius 3 is 2.56 bits per heavy atom. The lowest BCUT2D eigenvalue weighted by Gasteiger charge is -2.25. The fourth-order valence-electron chi connectivity index (χ4n) is 3.68. The van der Waals surface area contributed by atoms with Crippen LogP contribution in [0, 0.1) is 5.92 Å². The second-order valence-electron chi connectivity index (χ2n) is 8.77. The first-order valence-electron chi connectivity index (χ1n) is 11.3. The van der Waals surface area contributed by atoms with E-state index in [1.54, 1.807) is 11.0 Å². The molecule has 0 radical (unpaired) electrons. The van der Waals surface area contributed by atoms with Gasteiger partial charge >= 0.3 is 0 Å². The Hall–Kier alpha value is -2.84. The number of hydrogen-bond acceptors (Lipinski definition) is 6. The lowest BCUT2D eigenvalue weighted by Crippen LogP contribution is -2.37. The van der Waals surface area contributed by atoms with Gasteiger partial charge in [-0.1, -0.05) is 61.5 Å². The zero-order valence-electron chi connectivity index (χ0n) is 19.7. The second kappa shape index (κ2) is 10.6. The number of fused-ring (bicyclic) bond motifs is 1. The molecule has 0 unspecified atom stereocenters. The highest BCUT2D eigenvalue weighted by Crippen LogP contribution is 2.28. The Labute approximate surface area is 208 Å². The predicted molar refractivity (Wildman–Crippen MR) is 136 cm³/mol. The van der Waals surface area contributed by atoms with E-state index >= 15 is 0 Å². The van der Waals surface area contributed by atoms with Crippen LogP contribution in [0.1, 0.15) is 33.6 Å². The normalized spacial score (nSPS) is 11.6. The van der Waals surface area contributed by atoms with Gasteiger partial charge in [0.2, 0.25) is 17.7 Å². The number of aromatic nitrogens is 4. The third-order valence-electron chi connectivity index (χ3n) is 5.31. The van der Waals surface area contributed by atoms with Crippen molar-refractivity contribution in [3.8, 4) is 11.5 Å². The van der Waals surface area contributed by atoms with E-state index in [1.165, 1.54) is 11.8 Å². The van der Waals surface area contributed by atoms with Crippen LogP contribution in [0.4, 0.5) is 0 Å². The number of carbonyl (C=O) groups is 1. The van der Waals surface area contributed by atoms with Crippen molar-refractivity contribution in [2.75, 3.05) is 5.75 Å². The molecule has 0 spiro atoms. The maximum absolute atomic E-state index is 13.2. The maximum atomic E-state index is 13.2. The summed E-state index contributed by atoms with van der Waals surface area (Å²) in [5.74, 6) is 1.43. The fourth-order valence-corrected chi connectivity index (χ4v) is 4.81. The lowest BCUT2D eigenvalue weighted by atomic mass is 10.2. The van der Waals surface area contributed by atoms with E-state index in [0.29, 0.717) is 28.3 Å². The Balaban J connectivity index is 1.48. The van der Waals surface area contributed by atoms with Crippen molar-refractivity contribution in [2.45, 2.75) is 52.0 Å². The van der Waals surface area contributed by atoms with E-state index in [9.17, 15) is 4.79 Å². The number of para-hydroxylation sites is 2. The first kappa shape index (κ1) is 24.3. The minimum Gasteiger partial charge on any atom is -0.419 e. The molecule has 0 bridgehead atoms. The number of thioether (sulfide) groups is 1. The summed E-state index contributed by atoms with van der Waals surface area (Å²) in [6.07, 6.45) is 0. The molecule has 0 fully saturated rings. The highest BCUT2D eigenvalue weighted by molar-refractivity contribution is 7.99. The first-order valence-corrected chi connectivity index (χ1v) is 12.6. The highest BCUT2D eigenvalue weighted by Gasteiger charge is 2.22. The molecule has 4 aromatic rings. The number of rotatable bonds is 9. The summed E-state index contributed by atoms with van der Waals surface area (Å²) in [4.78, 5) is 19.7.